The summed E-state index contributed by atoms with van der Waals surface area (Å²) in [5.74, 6) is 0. The Morgan fingerprint density at radius 3 is 0.857 bits per heavy atom. The van der Waals surface area contributed by atoms with Crippen LogP contribution < -0.4 is 22.9 Å². The van der Waals surface area contributed by atoms with E-state index < -0.39 is 0 Å². The Labute approximate surface area is 248 Å². The van der Waals surface area contributed by atoms with Gasteiger partial charge in [-0.3, -0.25) is 0 Å². The standard InChI is InChI=1S/C20H20N2.C18H16N2/c21-19-9-5-17(6-10-19)13-15-1-2-16(4-3-15)14-18-7-11-20(22)12-8-18;19-17-8-4-13(5-9-17)15-2-1-3-16(12-15)14-6-10-18(20)11-7-14/h1-12H,13-14,21-22H2;1-12H,19-20H2. The molecule has 0 spiro atoms. The number of nitrogen functional groups attached to an aromatic ring is 4. The summed E-state index contributed by atoms with van der Waals surface area (Å²) in [5.41, 5.74) is 35.9. The summed E-state index contributed by atoms with van der Waals surface area (Å²) in [6.07, 6.45) is 1.87. The summed E-state index contributed by atoms with van der Waals surface area (Å²) in [6.45, 7) is 0. The molecule has 4 nitrogen and oxygen atoms in total. The molecule has 0 saturated heterocycles. The van der Waals surface area contributed by atoms with Gasteiger partial charge in [-0.2, -0.15) is 0 Å². The Morgan fingerprint density at radius 2 is 0.548 bits per heavy atom. The fourth-order valence-corrected chi connectivity index (χ4v) is 4.75. The average Bonchev–Trinajstić information content (AvgIpc) is 3.02. The zero-order valence-electron chi connectivity index (χ0n) is 23.6. The summed E-state index contributed by atoms with van der Waals surface area (Å²) in [4.78, 5) is 0. The van der Waals surface area contributed by atoms with Crippen LogP contribution in [0.25, 0.3) is 22.3 Å². The first-order valence-electron chi connectivity index (χ1n) is 14.0. The van der Waals surface area contributed by atoms with Crippen LogP contribution in [0.3, 0.4) is 0 Å². The van der Waals surface area contributed by atoms with Crippen LogP contribution in [0, 0.1) is 0 Å². The summed E-state index contributed by atoms with van der Waals surface area (Å²) < 4.78 is 0. The molecule has 0 aromatic heterocycles. The molecule has 42 heavy (non-hydrogen) atoms. The van der Waals surface area contributed by atoms with Gasteiger partial charge in [0.15, 0.2) is 0 Å². The molecule has 6 aromatic rings. The number of hydrogen-bond acceptors (Lipinski definition) is 4. The van der Waals surface area contributed by atoms with Crippen molar-refractivity contribution in [2.24, 2.45) is 0 Å². The van der Waals surface area contributed by atoms with Gasteiger partial charge in [0.05, 0.1) is 0 Å². The van der Waals surface area contributed by atoms with Crippen LogP contribution in [0.2, 0.25) is 0 Å². The molecule has 0 heterocycles. The molecule has 0 fully saturated rings. The second kappa shape index (κ2) is 13.2. The second-order valence-electron chi connectivity index (χ2n) is 10.5. The molecule has 0 amide bonds. The van der Waals surface area contributed by atoms with Crippen LogP contribution in [0.1, 0.15) is 22.3 Å². The highest BCUT2D eigenvalue weighted by molar-refractivity contribution is 5.74. The van der Waals surface area contributed by atoms with E-state index in [4.69, 9.17) is 22.9 Å². The molecular weight excluding hydrogens is 512 g/mol. The highest BCUT2D eigenvalue weighted by Gasteiger charge is 2.02. The second-order valence-corrected chi connectivity index (χ2v) is 10.5. The van der Waals surface area contributed by atoms with Gasteiger partial charge in [0.25, 0.3) is 0 Å². The van der Waals surface area contributed by atoms with Crippen LogP contribution in [0.5, 0.6) is 0 Å². The summed E-state index contributed by atoms with van der Waals surface area (Å²) in [5, 5.41) is 0. The molecule has 8 N–H and O–H groups in total. The van der Waals surface area contributed by atoms with Gasteiger partial charge in [-0.1, -0.05) is 91.0 Å². The van der Waals surface area contributed by atoms with Crippen molar-refractivity contribution in [3.8, 4) is 22.3 Å². The Morgan fingerprint density at radius 1 is 0.286 bits per heavy atom. The predicted octanol–water partition coefficient (Wildman–Crippen LogP) is 8.22. The molecular formula is C38H36N4. The highest BCUT2D eigenvalue weighted by Crippen LogP contribution is 2.27. The molecule has 4 heteroatoms. The lowest BCUT2D eigenvalue weighted by Gasteiger charge is -2.07. The topological polar surface area (TPSA) is 104 Å². The van der Waals surface area contributed by atoms with Gasteiger partial charge in [-0.25, -0.2) is 0 Å². The van der Waals surface area contributed by atoms with Crippen LogP contribution >= 0.6 is 0 Å². The number of nitrogens with two attached hydrogens (primary N) is 4. The maximum atomic E-state index is 5.73. The molecule has 0 saturated carbocycles. The molecule has 0 bridgehead atoms. The smallest absolute Gasteiger partial charge is 0.0314 e. The van der Waals surface area contributed by atoms with Crippen molar-refractivity contribution in [1.29, 1.82) is 0 Å². The lowest BCUT2D eigenvalue weighted by Crippen LogP contribution is -1.92. The third kappa shape index (κ3) is 7.80. The van der Waals surface area contributed by atoms with Crippen LogP contribution in [0.15, 0.2) is 146 Å². The van der Waals surface area contributed by atoms with Crippen molar-refractivity contribution in [1.82, 2.24) is 0 Å². The normalized spacial score (nSPS) is 10.5. The SMILES string of the molecule is Nc1ccc(-c2cccc(-c3ccc(N)cc3)c2)cc1.Nc1ccc(Cc2ccc(Cc3ccc(N)cc3)cc2)cc1. The minimum atomic E-state index is 0.781. The van der Waals surface area contributed by atoms with Crippen molar-refractivity contribution >= 4 is 22.7 Å². The Bertz CT molecular complexity index is 1580. The van der Waals surface area contributed by atoms with Gasteiger partial charge in [-0.15, -0.1) is 0 Å². The molecule has 0 aliphatic heterocycles. The molecule has 6 rings (SSSR count). The van der Waals surface area contributed by atoms with Gasteiger partial charge in [0.1, 0.15) is 0 Å². The Kier molecular flexibility index (Phi) is 8.85. The van der Waals surface area contributed by atoms with E-state index in [0.717, 1.165) is 46.7 Å². The van der Waals surface area contributed by atoms with E-state index in [9.17, 15) is 0 Å². The lowest BCUT2D eigenvalue weighted by molar-refractivity contribution is 1.15. The van der Waals surface area contributed by atoms with Crippen molar-refractivity contribution in [3.05, 3.63) is 168 Å². The van der Waals surface area contributed by atoms with Crippen LogP contribution in [-0.2, 0) is 12.8 Å². The minimum Gasteiger partial charge on any atom is -0.399 e. The van der Waals surface area contributed by atoms with Gasteiger partial charge in [0.2, 0.25) is 0 Å². The minimum absolute atomic E-state index is 0.781. The van der Waals surface area contributed by atoms with E-state index in [1.54, 1.807) is 0 Å². The Hall–Kier alpha value is -5.48. The quantitative estimate of drug-likeness (QED) is 0.157. The van der Waals surface area contributed by atoms with Crippen LogP contribution in [-0.4, -0.2) is 0 Å². The van der Waals surface area contributed by atoms with E-state index in [-0.39, 0.29) is 0 Å². The fraction of sp³-hybridized carbons (Fsp3) is 0.0526. The van der Waals surface area contributed by atoms with Crippen molar-refractivity contribution in [2.45, 2.75) is 12.8 Å². The molecule has 0 unspecified atom stereocenters. The largest absolute Gasteiger partial charge is 0.399 e. The van der Waals surface area contributed by atoms with E-state index >= 15 is 0 Å². The van der Waals surface area contributed by atoms with Crippen molar-refractivity contribution in [2.75, 3.05) is 22.9 Å². The number of benzene rings is 6. The zero-order chi connectivity index (χ0) is 29.3. The van der Waals surface area contributed by atoms with Gasteiger partial charge in [-0.05, 0) is 112 Å². The third-order valence-electron chi connectivity index (χ3n) is 7.15. The van der Waals surface area contributed by atoms with Crippen molar-refractivity contribution in [3.63, 3.8) is 0 Å². The van der Waals surface area contributed by atoms with E-state index in [0.29, 0.717) is 0 Å². The zero-order valence-corrected chi connectivity index (χ0v) is 23.6. The molecule has 0 radical (unpaired) electrons. The maximum absolute atomic E-state index is 5.73. The average molecular weight is 549 g/mol. The first kappa shape index (κ1) is 28.1. The number of rotatable bonds is 6. The van der Waals surface area contributed by atoms with Crippen molar-refractivity contribution < 1.29 is 0 Å². The third-order valence-corrected chi connectivity index (χ3v) is 7.15. The first-order valence-corrected chi connectivity index (χ1v) is 14.0. The fourth-order valence-electron chi connectivity index (χ4n) is 4.75. The number of hydrogen-bond donors (Lipinski definition) is 4. The molecule has 0 atom stereocenters. The number of anilines is 4. The molecule has 0 aliphatic rings. The summed E-state index contributed by atoms with van der Waals surface area (Å²) in [7, 11) is 0. The monoisotopic (exact) mass is 548 g/mol. The van der Waals surface area contributed by atoms with E-state index in [2.05, 4.69) is 72.8 Å². The van der Waals surface area contributed by atoms with Gasteiger partial charge in [0, 0.05) is 22.7 Å². The first-order chi connectivity index (χ1) is 20.4. The molecule has 208 valence electrons. The molecule has 0 aliphatic carbocycles. The maximum Gasteiger partial charge on any atom is 0.0314 e. The lowest BCUT2D eigenvalue weighted by atomic mass is 9.99. The Balaban J connectivity index is 0.000000169. The van der Waals surface area contributed by atoms with Crippen LogP contribution in [0.4, 0.5) is 22.7 Å². The highest BCUT2D eigenvalue weighted by atomic mass is 14.5. The summed E-state index contributed by atoms with van der Waals surface area (Å²) in [6, 6.07) is 49.2. The van der Waals surface area contributed by atoms with E-state index in [1.807, 2.05) is 72.8 Å². The molecule has 6 aromatic carbocycles. The van der Waals surface area contributed by atoms with E-state index in [1.165, 1.54) is 33.4 Å². The predicted molar refractivity (Wildman–Crippen MR) is 180 cm³/mol. The summed E-state index contributed by atoms with van der Waals surface area (Å²) >= 11 is 0. The van der Waals surface area contributed by atoms with Gasteiger partial charge < -0.3 is 22.9 Å². The van der Waals surface area contributed by atoms with Gasteiger partial charge >= 0.3 is 0 Å².